The van der Waals surface area contributed by atoms with Crippen LogP contribution < -0.4 is 10.1 Å². The molecule has 1 amide bonds. The minimum atomic E-state index is -0.343. The van der Waals surface area contributed by atoms with Crippen molar-refractivity contribution in [1.82, 2.24) is 20.0 Å². The summed E-state index contributed by atoms with van der Waals surface area (Å²) in [4.78, 5) is 12.4. The molecular formula is C16H17N5O2S. The van der Waals surface area contributed by atoms with Crippen molar-refractivity contribution >= 4 is 22.4 Å². The zero-order valence-electron chi connectivity index (χ0n) is 13.4. The van der Waals surface area contributed by atoms with Gasteiger partial charge in [-0.2, -0.15) is 5.10 Å². The number of anilines is 1. The van der Waals surface area contributed by atoms with Gasteiger partial charge in [0.2, 0.25) is 11.0 Å². The lowest BCUT2D eigenvalue weighted by Gasteiger charge is -2.06. The SMILES string of the molecule is CCOc1cc(C(=O)Nc2nnc(CC)s2)nn1-c1ccccc1. The van der Waals surface area contributed by atoms with Crippen LogP contribution in [0.15, 0.2) is 36.4 Å². The van der Waals surface area contributed by atoms with Crippen LogP contribution in [0, 0.1) is 0 Å². The molecule has 2 aromatic heterocycles. The third kappa shape index (κ3) is 3.43. The summed E-state index contributed by atoms with van der Waals surface area (Å²) in [6.45, 7) is 4.35. The van der Waals surface area contributed by atoms with Gasteiger partial charge in [-0.3, -0.25) is 10.1 Å². The van der Waals surface area contributed by atoms with Crippen LogP contribution in [0.3, 0.4) is 0 Å². The number of aryl methyl sites for hydroxylation is 1. The molecule has 0 aliphatic heterocycles. The van der Waals surface area contributed by atoms with Crippen molar-refractivity contribution in [2.45, 2.75) is 20.3 Å². The van der Waals surface area contributed by atoms with Crippen LogP contribution in [0.1, 0.15) is 29.3 Å². The Morgan fingerprint density at radius 3 is 2.71 bits per heavy atom. The molecule has 3 rings (SSSR count). The van der Waals surface area contributed by atoms with Crippen LogP contribution in [-0.4, -0.2) is 32.5 Å². The van der Waals surface area contributed by atoms with E-state index in [0.717, 1.165) is 17.1 Å². The number of hydrogen-bond donors (Lipinski definition) is 1. The molecule has 8 heteroatoms. The minimum absolute atomic E-state index is 0.260. The molecule has 0 spiro atoms. The molecule has 0 radical (unpaired) electrons. The second-order valence-electron chi connectivity index (χ2n) is 4.86. The summed E-state index contributed by atoms with van der Waals surface area (Å²) in [5.74, 6) is 0.171. The van der Waals surface area contributed by atoms with Gasteiger partial charge in [0, 0.05) is 6.07 Å². The fourth-order valence-corrected chi connectivity index (χ4v) is 2.76. The van der Waals surface area contributed by atoms with Crippen molar-refractivity contribution < 1.29 is 9.53 Å². The molecule has 0 atom stereocenters. The van der Waals surface area contributed by atoms with E-state index in [-0.39, 0.29) is 11.6 Å². The van der Waals surface area contributed by atoms with E-state index in [2.05, 4.69) is 20.6 Å². The van der Waals surface area contributed by atoms with Gasteiger partial charge in [-0.1, -0.05) is 36.5 Å². The van der Waals surface area contributed by atoms with Gasteiger partial charge in [0.05, 0.1) is 12.3 Å². The third-order valence-corrected chi connectivity index (χ3v) is 4.18. The summed E-state index contributed by atoms with van der Waals surface area (Å²) in [5.41, 5.74) is 1.08. The molecule has 2 heterocycles. The lowest BCUT2D eigenvalue weighted by molar-refractivity contribution is 0.102. The Morgan fingerprint density at radius 1 is 1.25 bits per heavy atom. The fourth-order valence-electron chi connectivity index (χ4n) is 2.09. The molecule has 3 aromatic rings. The second kappa shape index (κ2) is 7.22. The highest BCUT2D eigenvalue weighted by molar-refractivity contribution is 7.15. The highest BCUT2D eigenvalue weighted by atomic mass is 32.1. The molecule has 0 bridgehead atoms. The van der Waals surface area contributed by atoms with Gasteiger partial charge in [0.25, 0.3) is 5.91 Å². The average molecular weight is 343 g/mol. The molecule has 0 saturated heterocycles. The molecule has 0 fully saturated rings. The van der Waals surface area contributed by atoms with Crippen LogP contribution in [0.2, 0.25) is 0 Å². The van der Waals surface area contributed by atoms with Crippen molar-refractivity contribution in [2.75, 3.05) is 11.9 Å². The van der Waals surface area contributed by atoms with E-state index in [4.69, 9.17) is 4.74 Å². The third-order valence-electron chi connectivity index (χ3n) is 3.19. The van der Waals surface area contributed by atoms with Gasteiger partial charge in [-0.15, -0.1) is 10.2 Å². The molecule has 24 heavy (non-hydrogen) atoms. The molecule has 0 aliphatic rings. The Kier molecular flexibility index (Phi) is 4.85. The maximum absolute atomic E-state index is 12.4. The fraction of sp³-hybridized carbons (Fsp3) is 0.250. The monoisotopic (exact) mass is 343 g/mol. The molecule has 1 N–H and O–H groups in total. The number of carbonyl (C=O) groups excluding carboxylic acids is 1. The topological polar surface area (TPSA) is 81.9 Å². The maximum Gasteiger partial charge on any atom is 0.278 e. The predicted octanol–water partition coefficient (Wildman–Crippen LogP) is 2.94. The zero-order chi connectivity index (χ0) is 16.9. The number of ether oxygens (including phenoxy) is 1. The predicted molar refractivity (Wildman–Crippen MR) is 92.0 cm³/mol. The zero-order valence-corrected chi connectivity index (χ0v) is 14.2. The summed E-state index contributed by atoms with van der Waals surface area (Å²) in [6, 6.07) is 11.1. The van der Waals surface area contributed by atoms with Crippen molar-refractivity contribution in [1.29, 1.82) is 0 Å². The summed E-state index contributed by atoms with van der Waals surface area (Å²) >= 11 is 1.35. The summed E-state index contributed by atoms with van der Waals surface area (Å²) in [6.07, 6.45) is 0.782. The number of amides is 1. The quantitative estimate of drug-likeness (QED) is 0.744. The first-order chi connectivity index (χ1) is 11.7. The second-order valence-corrected chi connectivity index (χ2v) is 5.92. The van der Waals surface area contributed by atoms with Gasteiger partial charge < -0.3 is 4.74 Å². The Morgan fingerprint density at radius 2 is 2.04 bits per heavy atom. The highest BCUT2D eigenvalue weighted by Crippen LogP contribution is 2.21. The van der Waals surface area contributed by atoms with Gasteiger partial charge in [-0.05, 0) is 25.5 Å². The first-order valence-corrected chi connectivity index (χ1v) is 8.45. The standard InChI is InChI=1S/C16H17N5O2S/c1-3-13-18-19-16(24-13)17-15(22)12-10-14(23-4-2)21(20-12)11-8-6-5-7-9-11/h5-10H,3-4H2,1-2H3,(H,17,19,22). The number of hydrogen-bond acceptors (Lipinski definition) is 6. The van der Waals surface area contributed by atoms with Gasteiger partial charge in [0.1, 0.15) is 5.01 Å². The molecule has 1 aromatic carbocycles. The number of benzene rings is 1. The van der Waals surface area contributed by atoms with Crippen molar-refractivity contribution in [3.63, 3.8) is 0 Å². The summed E-state index contributed by atoms with van der Waals surface area (Å²) in [7, 11) is 0. The summed E-state index contributed by atoms with van der Waals surface area (Å²) in [5, 5.41) is 16.3. The van der Waals surface area contributed by atoms with Gasteiger partial charge in [-0.25, -0.2) is 4.68 Å². The lowest BCUT2D eigenvalue weighted by Crippen LogP contribution is -2.13. The van der Waals surface area contributed by atoms with Crippen LogP contribution in [0.25, 0.3) is 5.69 Å². The molecule has 0 saturated carbocycles. The van der Waals surface area contributed by atoms with Crippen LogP contribution in [0.4, 0.5) is 5.13 Å². The number of carbonyl (C=O) groups is 1. The summed E-state index contributed by atoms with van der Waals surface area (Å²) < 4.78 is 7.20. The van der Waals surface area contributed by atoms with Crippen molar-refractivity contribution in [3.05, 3.63) is 47.1 Å². The molecule has 124 valence electrons. The van der Waals surface area contributed by atoms with Gasteiger partial charge >= 0.3 is 0 Å². The Balaban J connectivity index is 1.86. The van der Waals surface area contributed by atoms with E-state index < -0.39 is 0 Å². The number of rotatable bonds is 6. The van der Waals surface area contributed by atoms with E-state index in [9.17, 15) is 4.79 Å². The molecule has 7 nitrogen and oxygen atoms in total. The Labute approximate surface area is 143 Å². The highest BCUT2D eigenvalue weighted by Gasteiger charge is 2.17. The van der Waals surface area contributed by atoms with E-state index in [1.807, 2.05) is 44.2 Å². The van der Waals surface area contributed by atoms with E-state index in [0.29, 0.717) is 17.6 Å². The van der Waals surface area contributed by atoms with Crippen molar-refractivity contribution in [3.8, 4) is 11.6 Å². The first-order valence-electron chi connectivity index (χ1n) is 7.63. The minimum Gasteiger partial charge on any atom is -0.478 e. The Bertz CT molecular complexity index is 828. The van der Waals surface area contributed by atoms with Crippen molar-refractivity contribution in [2.24, 2.45) is 0 Å². The van der Waals surface area contributed by atoms with E-state index in [1.165, 1.54) is 11.3 Å². The number of nitrogens with zero attached hydrogens (tertiary/aromatic N) is 4. The average Bonchev–Trinajstić information content (AvgIpc) is 3.23. The normalized spacial score (nSPS) is 10.6. The molecular weight excluding hydrogens is 326 g/mol. The van der Waals surface area contributed by atoms with E-state index in [1.54, 1.807) is 10.7 Å². The Hall–Kier alpha value is -2.74. The van der Waals surface area contributed by atoms with Crippen LogP contribution >= 0.6 is 11.3 Å². The number of nitrogens with one attached hydrogen (secondary N) is 1. The molecule has 0 aliphatic carbocycles. The largest absolute Gasteiger partial charge is 0.478 e. The van der Waals surface area contributed by atoms with Crippen LogP contribution in [0.5, 0.6) is 5.88 Å². The lowest BCUT2D eigenvalue weighted by atomic mass is 10.3. The number of aromatic nitrogens is 4. The first kappa shape index (κ1) is 16.1. The van der Waals surface area contributed by atoms with Crippen LogP contribution in [-0.2, 0) is 6.42 Å². The smallest absolute Gasteiger partial charge is 0.278 e. The molecule has 0 unspecified atom stereocenters. The number of para-hydroxylation sites is 1. The van der Waals surface area contributed by atoms with Gasteiger partial charge in [0.15, 0.2) is 5.69 Å². The van der Waals surface area contributed by atoms with E-state index >= 15 is 0 Å². The maximum atomic E-state index is 12.4.